The lowest BCUT2D eigenvalue weighted by Crippen LogP contribution is -2.25. The molecule has 2 rings (SSSR count). The fourth-order valence-corrected chi connectivity index (χ4v) is 2.32. The lowest BCUT2D eigenvalue weighted by Gasteiger charge is -2.14. The maximum absolute atomic E-state index is 11.5. The number of ether oxygens (including phenoxy) is 1. The molecule has 6 heteroatoms. The zero-order valence-electron chi connectivity index (χ0n) is 12.5. The second-order valence-corrected chi connectivity index (χ2v) is 4.80. The molecule has 1 aromatic rings. The van der Waals surface area contributed by atoms with E-state index in [4.69, 9.17) is 10.00 Å². The Morgan fingerprint density at radius 1 is 1.50 bits per heavy atom. The van der Waals surface area contributed by atoms with E-state index in [-0.39, 0.29) is 18.1 Å². The standard InChI is InChI=1S/C16H17N3O3/c1-3-22-16(21)13(9-17)10-18-14-4-5-15-12(8-14)6-7-19(15)11(2)20/h4-5,8,10,18H,3,6-7H2,1-2H3/b13-10+. The van der Waals surface area contributed by atoms with Crippen molar-refractivity contribution in [2.24, 2.45) is 0 Å². The molecule has 0 atom stereocenters. The summed E-state index contributed by atoms with van der Waals surface area (Å²) < 4.78 is 4.78. The van der Waals surface area contributed by atoms with E-state index in [2.05, 4.69) is 5.32 Å². The van der Waals surface area contributed by atoms with E-state index >= 15 is 0 Å². The van der Waals surface area contributed by atoms with Crippen LogP contribution in [-0.2, 0) is 20.7 Å². The number of nitriles is 1. The van der Waals surface area contributed by atoms with Gasteiger partial charge in [0, 0.05) is 31.0 Å². The molecule has 1 heterocycles. The van der Waals surface area contributed by atoms with Gasteiger partial charge in [0.1, 0.15) is 6.07 Å². The lowest BCUT2D eigenvalue weighted by molar-refractivity contribution is -0.138. The van der Waals surface area contributed by atoms with Crippen LogP contribution in [0.15, 0.2) is 30.0 Å². The molecule has 0 spiro atoms. The van der Waals surface area contributed by atoms with Gasteiger partial charge in [0.2, 0.25) is 5.91 Å². The molecule has 0 aliphatic carbocycles. The number of hydrogen-bond acceptors (Lipinski definition) is 5. The van der Waals surface area contributed by atoms with Crippen LogP contribution in [-0.4, -0.2) is 25.0 Å². The Labute approximate surface area is 129 Å². The summed E-state index contributed by atoms with van der Waals surface area (Å²) in [5.41, 5.74) is 2.63. The first-order chi connectivity index (χ1) is 10.6. The molecule has 0 fully saturated rings. The molecule has 6 nitrogen and oxygen atoms in total. The topological polar surface area (TPSA) is 82.4 Å². The van der Waals surface area contributed by atoms with Gasteiger partial charge in [-0.15, -0.1) is 0 Å². The van der Waals surface area contributed by atoms with Crippen molar-refractivity contribution >= 4 is 23.3 Å². The van der Waals surface area contributed by atoms with Gasteiger partial charge in [-0.05, 0) is 37.1 Å². The number of amides is 1. The van der Waals surface area contributed by atoms with Crippen LogP contribution >= 0.6 is 0 Å². The predicted molar refractivity (Wildman–Crippen MR) is 82.1 cm³/mol. The SMILES string of the molecule is CCOC(=O)/C(C#N)=C/Nc1ccc2c(c1)CCN2C(C)=O. The van der Waals surface area contributed by atoms with Gasteiger partial charge in [0.05, 0.1) is 6.61 Å². The van der Waals surface area contributed by atoms with Crippen molar-refractivity contribution in [1.29, 1.82) is 5.26 Å². The average Bonchev–Trinajstić information content (AvgIpc) is 2.91. The Bertz CT molecular complexity index is 674. The van der Waals surface area contributed by atoms with Gasteiger partial charge in [-0.2, -0.15) is 5.26 Å². The number of nitrogens with one attached hydrogen (secondary N) is 1. The summed E-state index contributed by atoms with van der Waals surface area (Å²) in [6, 6.07) is 7.37. The molecule has 1 aliphatic heterocycles. The smallest absolute Gasteiger partial charge is 0.350 e. The number of carbonyl (C=O) groups is 2. The third kappa shape index (κ3) is 3.26. The Kier molecular flexibility index (Phi) is 4.79. The lowest BCUT2D eigenvalue weighted by atomic mass is 10.1. The highest BCUT2D eigenvalue weighted by molar-refractivity contribution is 5.94. The summed E-state index contributed by atoms with van der Waals surface area (Å²) in [6.45, 7) is 4.12. The summed E-state index contributed by atoms with van der Waals surface area (Å²) in [6.07, 6.45) is 2.12. The molecule has 0 aromatic heterocycles. The van der Waals surface area contributed by atoms with Crippen molar-refractivity contribution in [3.8, 4) is 6.07 Å². The van der Waals surface area contributed by atoms with Crippen LogP contribution in [0.2, 0.25) is 0 Å². The number of fused-ring (bicyclic) bond motifs is 1. The van der Waals surface area contributed by atoms with Crippen LogP contribution in [0.5, 0.6) is 0 Å². The maximum Gasteiger partial charge on any atom is 0.350 e. The van der Waals surface area contributed by atoms with Crippen LogP contribution in [0.1, 0.15) is 19.4 Å². The van der Waals surface area contributed by atoms with Crippen molar-refractivity contribution in [1.82, 2.24) is 0 Å². The van der Waals surface area contributed by atoms with Crippen molar-refractivity contribution in [2.75, 3.05) is 23.4 Å². The zero-order chi connectivity index (χ0) is 16.1. The van der Waals surface area contributed by atoms with Gasteiger partial charge in [-0.1, -0.05) is 0 Å². The monoisotopic (exact) mass is 299 g/mol. The summed E-state index contributed by atoms with van der Waals surface area (Å²) in [5, 5.41) is 11.9. The molecule has 1 aliphatic rings. The summed E-state index contributed by atoms with van der Waals surface area (Å²) in [5.74, 6) is -0.630. The number of carbonyl (C=O) groups excluding carboxylic acids is 2. The fraction of sp³-hybridized carbons (Fsp3) is 0.312. The normalized spacial score (nSPS) is 13.3. The fourth-order valence-electron chi connectivity index (χ4n) is 2.32. The third-order valence-corrected chi connectivity index (χ3v) is 3.35. The molecule has 1 amide bonds. The first-order valence-electron chi connectivity index (χ1n) is 7.01. The van der Waals surface area contributed by atoms with E-state index in [0.29, 0.717) is 6.54 Å². The molecule has 114 valence electrons. The number of anilines is 2. The van der Waals surface area contributed by atoms with Crippen LogP contribution in [0, 0.1) is 11.3 Å². The molecule has 0 unspecified atom stereocenters. The Morgan fingerprint density at radius 2 is 2.27 bits per heavy atom. The highest BCUT2D eigenvalue weighted by Crippen LogP contribution is 2.30. The summed E-state index contributed by atoms with van der Waals surface area (Å²) in [7, 11) is 0. The van der Waals surface area contributed by atoms with E-state index < -0.39 is 5.97 Å². The Morgan fingerprint density at radius 3 is 2.91 bits per heavy atom. The number of esters is 1. The molecule has 22 heavy (non-hydrogen) atoms. The van der Waals surface area contributed by atoms with Crippen LogP contribution in [0.4, 0.5) is 11.4 Å². The number of benzene rings is 1. The second kappa shape index (κ2) is 6.76. The minimum Gasteiger partial charge on any atom is -0.462 e. The van der Waals surface area contributed by atoms with Crippen molar-refractivity contribution < 1.29 is 14.3 Å². The second-order valence-electron chi connectivity index (χ2n) is 4.80. The highest BCUT2D eigenvalue weighted by atomic mass is 16.5. The quantitative estimate of drug-likeness (QED) is 0.522. The van der Waals surface area contributed by atoms with Gasteiger partial charge in [-0.25, -0.2) is 4.79 Å². The highest BCUT2D eigenvalue weighted by Gasteiger charge is 2.22. The molecule has 1 aromatic carbocycles. The van der Waals surface area contributed by atoms with E-state index in [1.807, 2.05) is 12.1 Å². The number of hydrogen-bond donors (Lipinski definition) is 1. The molecule has 0 saturated carbocycles. The van der Waals surface area contributed by atoms with Gasteiger partial charge in [0.25, 0.3) is 0 Å². The van der Waals surface area contributed by atoms with Crippen LogP contribution < -0.4 is 10.2 Å². The predicted octanol–water partition coefficient (Wildman–Crippen LogP) is 1.98. The van der Waals surface area contributed by atoms with Crippen molar-refractivity contribution in [3.05, 3.63) is 35.5 Å². The minimum atomic E-state index is -0.651. The number of rotatable bonds is 4. The van der Waals surface area contributed by atoms with Gasteiger partial charge >= 0.3 is 5.97 Å². The average molecular weight is 299 g/mol. The Balaban J connectivity index is 2.14. The van der Waals surface area contributed by atoms with Crippen molar-refractivity contribution in [2.45, 2.75) is 20.3 Å². The van der Waals surface area contributed by atoms with Gasteiger partial charge < -0.3 is 15.0 Å². The summed E-state index contributed by atoms with van der Waals surface area (Å²) in [4.78, 5) is 24.7. The molecule has 0 bridgehead atoms. The van der Waals surface area contributed by atoms with E-state index in [0.717, 1.165) is 23.4 Å². The Hall–Kier alpha value is -2.81. The van der Waals surface area contributed by atoms with E-state index in [9.17, 15) is 9.59 Å². The van der Waals surface area contributed by atoms with Crippen LogP contribution in [0.25, 0.3) is 0 Å². The molecule has 0 saturated heterocycles. The van der Waals surface area contributed by atoms with E-state index in [1.165, 1.54) is 6.20 Å². The third-order valence-electron chi connectivity index (χ3n) is 3.35. The molecule has 0 radical (unpaired) electrons. The first-order valence-corrected chi connectivity index (χ1v) is 7.01. The summed E-state index contributed by atoms with van der Waals surface area (Å²) >= 11 is 0. The molecular weight excluding hydrogens is 282 g/mol. The maximum atomic E-state index is 11.5. The van der Waals surface area contributed by atoms with E-state index in [1.54, 1.807) is 30.9 Å². The largest absolute Gasteiger partial charge is 0.462 e. The number of nitrogens with zero attached hydrogens (tertiary/aromatic N) is 2. The minimum absolute atomic E-state index is 0.0217. The van der Waals surface area contributed by atoms with Gasteiger partial charge in [-0.3, -0.25) is 4.79 Å². The molecular formula is C16H17N3O3. The first kappa shape index (κ1) is 15.6. The van der Waals surface area contributed by atoms with Gasteiger partial charge in [0.15, 0.2) is 5.57 Å². The van der Waals surface area contributed by atoms with Crippen LogP contribution in [0.3, 0.4) is 0 Å². The molecule has 1 N–H and O–H groups in total. The van der Waals surface area contributed by atoms with Crippen molar-refractivity contribution in [3.63, 3.8) is 0 Å². The zero-order valence-corrected chi connectivity index (χ0v) is 12.5.